The number of carboxylic acids is 1. The summed E-state index contributed by atoms with van der Waals surface area (Å²) >= 11 is 0. The van der Waals surface area contributed by atoms with Gasteiger partial charge in [0.2, 0.25) is 5.91 Å². The van der Waals surface area contributed by atoms with Gasteiger partial charge in [0, 0.05) is 20.0 Å². The molecule has 0 heterocycles. The van der Waals surface area contributed by atoms with Crippen LogP contribution in [0.2, 0.25) is 0 Å². The van der Waals surface area contributed by atoms with E-state index in [4.69, 9.17) is 9.84 Å². The summed E-state index contributed by atoms with van der Waals surface area (Å²) in [5.74, 6) is -2.02. The zero-order chi connectivity index (χ0) is 16.0. The van der Waals surface area contributed by atoms with E-state index in [0.717, 1.165) is 0 Å². The van der Waals surface area contributed by atoms with E-state index in [1.807, 2.05) is 0 Å². The van der Waals surface area contributed by atoms with Crippen LogP contribution in [0.1, 0.15) is 18.9 Å². The molecule has 1 aromatic rings. The number of carbonyl (C=O) groups is 2. The van der Waals surface area contributed by atoms with Gasteiger partial charge in [0.15, 0.2) is 11.6 Å². The van der Waals surface area contributed by atoms with Crippen LogP contribution in [0.5, 0.6) is 5.75 Å². The minimum Gasteiger partial charge on any atom is -0.494 e. The van der Waals surface area contributed by atoms with E-state index in [2.05, 4.69) is 0 Å². The van der Waals surface area contributed by atoms with Crippen molar-refractivity contribution < 1.29 is 23.8 Å². The van der Waals surface area contributed by atoms with Crippen molar-refractivity contribution in [2.75, 3.05) is 20.7 Å². The van der Waals surface area contributed by atoms with Crippen LogP contribution in [0.3, 0.4) is 0 Å². The molecule has 0 aliphatic carbocycles. The fraction of sp³-hybridized carbons (Fsp3) is 0.467. The third kappa shape index (κ3) is 5.06. The minimum atomic E-state index is -0.938. The summed E-state index contributed by atoms with van der Waals surface area (Å²) in [7, 11) is 2.95. The Kier molecular flexibility index (Phi) is 6.14. The number of nitrogens with zero attached hydrogens (tertiary/aromatic N) is 1. The first-order valence-electron chi connectivity index (χ1n) is 6.64. The van der Waals surface area contributed by atoms with E-state index in [9.17, 15) is 14.0 Å². The second-order valence-corrected chi connectivity index (χ2v) is 4.98. The maximum absolute atomic E-state index is 13.5. The van der Waals surface area contributed by atoms with E-state index in [1.54, 1.807) is 20.0 Å². The van der Waals surface area contributed by atoms with Crippen LogP contribution in [0.25, 0.3) is 0 Å². The molecule has 0 bridgehead atoms. The monoisotopic (exact) mass is 297 g/mol. The zero-order valence-corrected chi connectivity index (χ0v) is 12.4. The number of aryl methyl sites for hydroxylation is 1. The molecule has 1 atom stereocenters. The Hall–Kier alpha value is -2.11. The highest BCUT2D eigenvalue weighted by Gasteiger charge is 2.17. The smallest absolute Gasteiger partial charge is 0.308 e. The largest absolute Gasteiger partial charge is 0.494 e. The Morgan fingerprint density at radius 2 is 2.10 bits per heavy atom. The van der Waals surface area contributed by atoms with E-state index in [0.29, 0.717) is 12.0 Å². The van der Waals surface area contributed by atoms with Crippen LogP contribution in [-0.2, 0) is 16.0 Å². The van der Waals surface area contributed by atoms with Crippen LogP contribution in [0.4, 0.5) is 4.39 Å². The van der Waals surface area contributed by atoms with E-state index >= 15 is 0 Å². The van der Waals surface area contributed by atoms with Gasteiger partial charge in [0.05, 0.1) is 13.0 Å². The fourth-order valence-electron chi connectivity index (χ4n) is 1.90. The molecule has 0 radical (unpaired) electrons. The van der Waals surface area contributed by atoms with Crippen molar-refractivity contribution in [2.45, 2.75) is 19.8 Å². The molecule has 1 amide bonds. The molecule has 0 aliphatic heterocycles. The number of hydrogen-bond donors (Lipinski definition) is 1. The number of rotatable bonds is 7. The minimum absolute atomic E-state index is 0.158. The third-order valence-corrected chi connectivity index (χ3v) is 3.24. The topological polar surface area (TPSA) is 66.8 Å². The predicted molar refractivity (Wildman–Crippen MR) is 75.7 cm³/mol. The van der Waals surface area contributed by atoms with Crippen molar-refractivity contribution >= 4 is 11.9 Å². The average molecular weight is 297 g/mol. The molecule has 21 heavy (non-hydrogen) atoms. The number of aliphatic carboxylic acids is 1. The zero-order valence-electron chi connectivity index (χ0n) is 12.4. The fourth-order valence-corrected chi connectivity index (χ4v) is 1.90. The van der Waals surface area contributed by atoms with Crippen molar-refractivity contribution in [1.82, 2.24) is 4.90 Å². The number of carbonyl (C=O) groups excluding carboxylic acids is 1. The standard InChI is InChI=1S/C15H20FNO4/c1-10(15(19)20)9-17(2)14(18)7-5-11-4-6-13(21-3)12(16)8-11/h4,6,8,10H,5,7,9H2,1-3H3,(H,19,20). The quantitative estimate of drug-likeness (QED) is 0.835. The van der Waals surface area contributed by atoms with E-state index in [1.165, 1.54) is 24.1 Å². The second-order valence-electron chi connectivity index (χ2n) is 4.98. The van der Waals surface area contributed by atoms with Gasteiger partial charge in [-0.05, 0) is 24.1 Å². The summed E-state index contributed by atoms with van der Waals surface area (Å²) in [5.41, 5.74) is 0.696. The molecule has 1 N–H and O–H groups in total. The number of amides is 1. The molecule has 1 rings (SSSR count). The molecule has 0 aliphatic rings. The molecule has 0 aromatic heterocycles. The highest BCUT2D eigenvalue weighted by molar-refractivity contribution is 5.77. The van der Waals surface area contributed by atoms with Gasteiger partial charge < -0.3 is 14.7 Å². The van der Waals surface area contributed by atoms with Gasteiger partial charge in [0.25, 0.3) is 0 Å². The molecule has 0 fully saturated rings. The van der Waals surface area contributed by atoms with Crippen LogP contribution >= 0.6 is 0 Å². The lowest BCUT2D eigenvalue weighted by molar-refractivity contribution is -0.142. The van der Waals surface area contributed by atoms with E-state index in [-0.39, 0.29) is 24.6 Å². The van der Waals surface area contributed by atoms with Gasteiger partial charge in [-0.1, -0.05) is 13.0 Å². The van der Waals surface area contributed by atoms with Gasteiger partial charge >= 0.3 is 5.97 Å². The van der Waals surface area contributed by atoms with Crippen LogP contribution in [-0.4, -0.2) is 42.6 Å². The molecule has 6 heteroatoms. The van der Waals surface area contributed by atoms with Gasteiger partial charge in [-0.15, -0.1) is 0 Å². The summed E-state index contributed by atoms with van der Waals surface area (Å²) in [4.78, 5) is 24.0. The molecule has 0 spiro atoms. The first kappa shape index (κ1) is 16.9. The van der Waals surface area contributed by atoms with Crippen LogP contribution in [0.15, 0.2) is 18.2 Å². The van der Waals surface area contributed by atoms with E-state index < -0.39 is 17.7 Å². The average Bonchev–Trinajstić information content (AvgIpc) is 2.44. The van der Waals surface area contributed by atoms with Gasteiger partial charge in [-0.2, -0.15) is 0 Å². The predicted octanol–water partition coefficient (Wildman–Crippen LogP) is 1.95. The Labute approximate surface area is 123 Å². The molecule has 1 aromatic carbocycles. The van der Waals surface area contributed by atoms with Crippen molar-refractivity contribution in [2.24, 2.45) is 5.92 Å². The van der Waals surface area contributed by atoms with Crippen LogP contribution in [0, 0.1) is 11.7 Å². The van der Waals surface area contributed by atoms with Crippen molar-refractivity contribution in [3.05, 3.63) is 29.6 Å². The normalized spacial score (nSPS) is 11.8. The van der Waals surface area contributed by atoms with Gasteiger partial charge in [-0.25, -0.2) is 4.39 Å². The highest BCUT2D eigenvalue weighted by atomic mass is 19.1. The molecular formula is C15H20FNO4. The molecule has 5 nitrogen and oxygen atoms in total. The lowest BCUT2D eigenvalue weighted by Gasteiger charge is -2.19. The second kappa shape index (κ2) is 7.61. The Morgan fingerprint density at radius 1 is 1.43 bits per heavy atom. The number of hydrogen-bond acceptors (Lipinski definition) is 3. The Bertz CT molecular complexity index is 518. The van der Waals surface area contributed by atoms with Gasteiger partial charge in [-0.3, -0.25) is 9.59 Å². The highest BCUT2D eigenvalue weighted by Crippen LogP contribution is 2.18. The Balaban J connectivity index is 2.52. The maximum atomic E-state index is 13.5. The molecule has 116 valence electrons. The summed E-state index contributed by atoms with van der Waals surface area (Å²) < 4.78 is 18.3. The molecule has 0 saturated carbocycles. The summed E-state index contributed by atoms with van der Waals surface area (Å²) in [6.45, 7) is 1.70. The lowest BCUT2D eigenvalue weighted by atomic mass is 10.1. The lowest BCUT2D eigenvalue weighted by Crippen LogP contribution is -2.33. The van der Waals surface area contributed by atoms with Crippen molar-refractivity contribution in [3.63, 3.8) is 0 Å². The SMILES string of the molecule is COc1ccc(CCC(=O)N(C)CC(C)C(=O)O)cc1F. The third-order valence-electron chi connectivity index (χ3n) is 3.24. The number of methoxy groups -OCH3 is 1. The number of benzene rings is 1. The molecular weight excluding hydrogens is 277 g/mol. The number of halogens is 1. The Morgan fingerprint density at radius 3 is 2.62 bits per heavy atom. The molecule has 1 unspecified atom stereocenters. The first-order chi connectivity index (χ1) is 9.85. The van der Waals surface area contributed by atoms with Gasteiger partial charge in [0.1, 0.15) is 0 Å². The maximum Gasteiger partial charge on any atom is 0.308 e. The molecule has 0 saturated heterocycles. The summed E-state index contributed by atoms with van der Waals surface area (Å²) in [6.07, 6.45) is 0.597. The van der Waals surface area contributed by atoms with Crippen LogP contribution < -0.4 is 4.74 Å². The number of carboxylic acid groups (broad SMARTS) is 1. The summed E-state index contributed by atoms with van der Waals surface area (Å²) in [6, 6.07) is 4.56. The van der Waals surface area contributed by atoms with Crippen molar-refractivity contribution in [1.29, 1.82) is 0 Å². The summed E-state index contributed by atoms with van der Waals surface area (Å²) in [5, 5.41) is 8.81. The first-order valence-corrected chi connectivity index (χ1v) is 6.64. The van der Waals surface area contributed by atoms with Crippen molar-refractivity contribution in [3.8, 4) is 5.75 Å². The number of ether oxygens (including phenoxy) is 1.